The van der Waals surface area contributed by atoms with Crippen LogP contribution in [-0.4, -0.2) is 41.4 Å². The van der Waals surface area contributed by atoms with E-state index in [1.165, 1.54) is 33.3 Å². The van der Waals surface area contributed by atoms with Gasteiger partial charge in [0.25, 0.3) is 0 Å². The molecule has 0 spiro atoms. The minimum Gasteiger partial charge on any atom is -0.496 e. The monoisotopic (exact) mass is 317 g/mol. The number of aromatic carboxylic acids is 2. The average molecular weight is 317 g/mol. The van der Waals surface area contributed by atoms with Crippen LogP contribution in [0.5, 0.6) is 11.6 Å². The van der Waals surface area contributed by atoms with Gasteiger partial charge >= 0.3 is 11.9 Å². The number of hydrogen-bond donors (Lipinski definition) is 2. The molecule has 0 bridgehead atoms. The number of rotatable bonds is 5. The van der Waals surface area contributed by atoms with E-state index in [2.05, 4.69) is 4.98 Å². The van der Waals surface area contributed by atoms with Crippen molar-refractivity contribution in [3.05, 3.63) is 41.0 Å². The summed E-state index contributed by atoms with van der Waals surface area (Å²) in [5, 5.41) is 18.6. The molecule has 0 saturated carbocycles. The van der Waals surface area contributed by atoms with Gasteiger partial charge in [0.2, 0.25) is 5.88 Å². The second kappa shape index (κ2) is 6.35. The van der Waals surface area contributed by atoms with Crippen molar-refractivity contribution in [2.24, 2.45) is 0 Å². The molecule has 0 saturated heterocycles. The van der Waals surface area contributed by atoms with Crippen molar-refractivity contribution in [2.75, 3.05) is 14.2 Å². The number of nitrogens with zero attached hydrogens (tertiary/aromatic N) is 1. The van der Waals surface area contributed by atoms with Crippen molar-refractivity contribution >= 4 is 11.9 Å². The zero-order valence-corrected chi connectivity index (χ0v) is 12.8. The zero-order chi connectivity index (χ0) is 17.1. The van der Waals surface area contributed by atoms with Crippen LogP contribution in [0.3, 0.4) is 0 Å². The van der Waals surface area contributed by atoms with Gasteiger partial charge in [-0.25, -0.2) is 14.6 Å². The molecule has 23 heavy (non-hydrogen) atoms. The first-order chi connectivity index (χ1) is 10.9. The van der Waals surface area contributed by atoms with Gasteiger partial charge in [0.05, 0.1) is 31.0 Å². The van der Waals surface area contributed by atoms with Gasteiger partial charge in [-0.05, 0) is 24.6 Å². The molecule has 120 valence electrons. The molecule has 0 atom stereocenters. The van der Waals surface area contributed by atoms with Crippen molar-refractivity contribution < 1.29 is 29.3 Å². The molecule has 0 aliphatic carbocycles. The van der Waals surface area contributed by atoms with E-state index < -0.39 is 11.9 Å². The Kier molecular flexibility index (Phi) is 4.49. The first kappa shape index (κ1) is 16.3. The summed E-state index contributed by atoms with van der Waals surface area (Å²) in [6, 6.07) is 5.90. The van der Waals surface area contributed by atoms with Gasteiger partial charge in [-0.1, -0.05) is 0 Å². The molecular weight excluding hydrogens is 302 g/mol. The summed E-state index contributed by atoms with van der Waals surface area (Å²) in [6.07, 6.45) is 0. The van der Waals surface area contributed by atoms with E-state index in [1.807, 2.05) is 0 Å². The van der Waals surface area contributed by atoms with Gasteiger partial charge in [-0.2, -0.15) is 0 Å². The number of carbonyl (C=O) groups is 2. The Morgan fingerprint density at radius 3 is 1.96 bits per heavy atom. The van der Waals surface area contributed by atoms with Crippen LogP contribution >= 0.6 is 0 Å². The summed E-state index contributed by atoms with van der Waals surface area (Å²) in [4.78, 5) is 26.9. The number of carboxylic acids is 2. The van der Waals surface area contributed by atoms with Gasteiger partial charge in [0.1, 0.15) is 5.75 Å². The number of benzene rings is 1. The summed E-state index contributed by atoms with van der Waals surface area (Å²) in [6.45, 7) is 1.45. The van der Waals surface area contributed by atoms with E-state index in [-0.39, 0.29) is 22.6 Å². The number of aromatic nitrogens is 1. The molecule has 0 amide bonds. The Hall–Kier alpha value is -3.09. The summed E-state index contributed by atoms with van der Waals surface area (Å²) in [5.74, 6) is -1.68. The lowest BCUT2D eigenvalue weighted by Gasteiger charge is -2.11. The molecule has 7 nitrogen and oxygen atoms in total. The summed E-state index contributed by atoms with van der Waals surface area (Å²) in [5.41, 5.74) is 0.699. The van der Waals surface area contributed by atoms with Gasteiger partial charge in [-0.15, -0.1) is 0 Å². The number of carboxylic acid groups (broad SMARTS) is 2. The van der Waals surface area contributed by atoms with E-state index in [1.54, 1.807) is 12.1 Å². The second-order valence-electron chi connectivity index (χ2n) is 4.74. The highest BCUT2D eigenvalue weighted by molar-refractivity contribution is 5.98. The van der Waals surface area contributed by atoms with Gasteiger partial charge in [-0.3, -0.25) is 0 Å². The molecule has 1 heterocycles. The van der Waals surface area contributed by atoms with E-state index in [4.69, 9.17) is 9.47 Å². The Morgan fingerprint density at radius 1 is 0.957 bits per heavy atom. The summed E-state index contributed by atoms with van der Waals surface area (Å²) >= 11 is 0. The maximum Gasteiger partial charge on any atom is 0.336 e. The first-order valence-corrected chi connectivity index (χ1v) is 6.59. The highest BCUT2D eigenvalue weighted by atomic mass is 16.5. The lowest BCUT2D eigenvalue weighted by molar-refractivity contribution is 0.0696. The third-order valence-electron chi connectivity index (χ3n) is 3.38. The van der Waals surface area contributed by atoms with Crippen LogP contribution in [-0.2, 0) is 0 Å². The molecule has 7 heteroatoms. The fourth-order valence-corrected chi connectivity index (χ4v) is 2.16. The maximum absolute atomic E-state index is 11.4. The van der Waals surface area contributed by atoms with Gasteiger partial charge in [0.15, 0.2) is 0 Å². The number of ether oxygens (including phenoxy) is 2. The van der Waals surface area contributed by atoms with E-state index in [0.29, 0.717) is 17.0 Å². The fourth-order valence-electron chi connectivity index (χ4n) is 2.16. The minimum absolute atomic E-state index is 0.0940. The highest BCUT2D eigenvalue weighted by Gasteiger charge is 2.18. The lowest BCUT2D eigenvalue weighted by atomic mass is 9.97. The maximum atomic E-state index is 11.4. The molecule has 0 aliphatic rings. The van der Waals surface area contributed by atoms with E-state index >= 15 is 0 Å². The van der Waals surface area contributed by atoms with Crippen LogP contribution in [0, 0.1) is 6.92 Å². The third-order valence-corrected chi connectivity index (χ3v) is 3.38. The fraction of sp³-hybridized carbons (Fsp3) is 0.188. The predicted octanol–water partition coefficient (Wildman–Crippen LogP) is 2.47. The van der Waals surface area contributed by atoms with Gasteiger partial charge in [0, 0.05) is 17.7 Å². The van der Waals surface area contributed by atoms with Crippen LogP contribution < -0.4 is 9.47 Å². The Morgan fingerprint density at radius 2 is 1.52 bits per heavy atom. The van der Waals surface area contributed by atoms with Gasteiger partial charge < -0.3 is 19.7 Å². The molecule has 1 aromatic heterocycles. The largest absolute Gasteiger partial charge is 0.496 e. The molecule has 0 radical (unpaired) electrons. The molecular formula is C16H15NO6. The van der Waals surface area contributed by atoms with Crippen molar-refractivity contribution in [2.45, 2.75) is 6.92 Å². The van der Waals surface area contributed by atoms with Crippen LogP contribution in [0.1, 0.15) is 26.3 Å². The topological polar surface area (TPSA) is 106 Å². The highest BCUT2D eigenvalue weighted by Crippen LogP contribution is 2.29. The van der Waals surface area contributed by atoms with E-state index in [9.17, 15) is 19.8 Å². The standard InChI is InChI=1S/C16H15NO6/c1-8-11(15(18)19)4-9(5-12(8)16(20)21)13-6-10(22-2)7-14(17-13)23-3/h4-7H,1-3H3,(H,18,19)(H,20,21). The molecule has 2 aromatic rings. The molecule has 2 N–H and O–H groups in total. The molecule has 0 fully saturated rings. The molecule has 1 aromatic carbocycles. The van der Waals surface area contributed by atoms with Crippen molar-refractivity contribution in [3.63, 3.8) is 0 Å². The predicted molar refractivity (Wildman–Crippen MR) is 81.4 cm³/mol. The SMILES string of the molecule is COc1cc(OC)nc(-c2cc(C(=O)O)c(C)c(C(=O)O)c2)c1. The van der Waals surface area contributed by atoms with Crippen molar-refractivity contribution in [1.29, 1.82) is 0 Å². The smallest absolute Gasteiger partial charge is 0.336 e. The van der Waals surface area contributed by atoms with Crippen LogP contribution in [0.2, 0.25) is 0 Å². The van der Waals surface area contributed by atoms with Crippen molar-refractivity contribution in [3.8, 4) is 22.9 Å². The van der Waals surface area contributed by atoms with Crippen LogP contribution in [0.25, 0.3) is 11.3 Å². The zero-order valence-electron chi connectivity index (χ0n) is 12.8. The van der Waals surface area contributed by atoms with Crippen LogP contribution in [0.15, 0.2) is 24.3 Å². The second-order valence-corrected chi connectivity index (χ2v) is 4.74. The summed E-state index contributed by atoms with van der Waals surface area (Å²) in [7, 11) is 2.91. The quantitative estimate of drug-likeness (QED) is 0.872. The number of pyridine rings is 1. The average Bonchev–Trinajstić information content (AvgIpc) is 2.53. The Labute approximate surface area is 132 Å². The minimum atomic E-state index is -1.21. The van der Waals surface area contributed by atoms with Crippen molar-refractivity contribution in [1.82, 2.24) is 4.98 Å². The molecule has 2 rings (SSSR count). The van der Waals surface area contributed by atoms with E-state index in [0.717, 1.165) is 0 Å². The normalized spacial score (nSPS) is 10.2. The number of methoxy groups -OCH3 is 2. The molecule has 0 aliphatic heterocycles. The summed E-state index contributed by atoms with van der Waals surface area (Å²) < 4.78 is 10.2. The lowest BCUT2D eigenvalue weighted by Crippen LogP contribution is -2.08. The number of hydrogen-bond acceptors (Lipinski definition) is 5. The Bertz CT molecular complexity index is 727. The molecule has 0 unspecified atom stereocenters. The Balaban J connectivity index is 2.73. The van der Waals surface area contributed by atoms with Crippen LogP contribution in [0.4, 0.5) is 0 Å². The first-order valence-electron chi connectivity index (χ1n) is 6.59. The third kappa shape index (κ3) is 3.23.